The molecule has 0 aliphatic rings. The molecule has 0 aliphatic heterocycles. The first kappa shape index (κ1) is 23.6. The number of halogens is 3. The highest BCUT2D eigenvalue weighted by atomic mass is 19.4. The summed E-state index contributed by atoms with van der Waals surface area (Å²) in [4.78, 5) is 25.4. The van der Waals surface area contributed by atoms with E-state index in [0.29, 0.717) is 12.8 Å². The predicted octanol–water partition coefficient (Wildman–Crippen LogP) is 6.48. The molecule has 0 aromatic heterocycles. The second kappa shape index (κ2) is 10.4. The summed E-state index contributed by atoms with van der Waals surface area (Å²) in [5.41, 5.74) is -3.10. The number of alkyl halides is 3. The topological polar surface area (TPSA) is 43.4 Å². The molecule has 3 nitrogen and oxygen atoms in total. The molecular formula is C24H27F3O3. The van der Waals surface area contributed by atoms with Crippen LogP contribution in [0.2, 0.25) is 0 Å². The zero-order valence-corrected chi connectivity index (χ0v) is 17.2. The van der Waals surface area contributed by atoms with E-state index in [0.717, 1.165) is 12.8 Å². The average molecular weight is 420 g/mol. The van der Waals surface area contributed by atoms with Crippen LogP contribution in [0, 0.1) is 5.92 Å². The Labute approximate surface area is 175 Å². The minimum atomic E-state index is -4.93. The van der Waals surface area contributed by atoms with Gasteiger partial charge in [0.25, 0.3) is 0 Å². The molecule has 0 amide bonds. The lowest BCUT2D eigenvalue weighted by Gasteiger charge is -2.36. The van der Waals surface area contributed by atoms with Crippen molar-refractivity contribution in [3.63, 3.8) is 0 Å². The Balaban J connectivity index is 2.50. The molecule has 0 radical (unpaired) electrons. The zero-order chi connectivity index (χ0) is 22.2. The van der Waals surface area contributed by atoms with Gasteiger partial charge in [-0.15, -0.1) is 0 Å². The molecule has 2 unspecified atom stereocenters. The van der Waals surface area contributed by atoms with E-state index in [1.54, 1.807) is 24.3 Å². The number of hydrogen-bond acceptors (Lipinski definition) is 3. The second-order valence-electron chi connectivity index (χ2n) is 7.43. The summed E-state index contributed by atoms with van der Waals surface area (Å²) in [6.45, 7) is 3.78. The lowest BCUT2D eigenvalue weighted by molar-refractivity contribution is -0.210. The van der Waals surface area contributed by atoms with Crippen LogP contribution in [-0.4, -0.2) is 18.1 Å². The maximum atomic E-state index is 14.6. The normalized spacial score (nSPS) is 14.6. The summed E-state index contributed by atoms with van der Waals surface area (Å²) in [6, 6.07) is 14.6. The Hall–Kier alpha value is -2.63. The zero-order valence-electron chi connectivity index (χ0n) is 17.2. The van der Waals surface area contributed by atoms with Gasteiger partial charge in [0.15, 0.2) is 5.41 Å². The molecule has 0 spiro atoms. The first-order valence-electron chi connectivity index (χ1n) is 10.2. The number of benzene rings is 2. The summed E-state index contributed by atoms with van der Waals surface area (Å²) in [5.74, 6) is -3.01. The van der Waals surface area contributed by atoms with Gasteiger partial charge in [-0.25, -0.2) is 4.79 Å². The van der Waals surface area contributed by atoms with E-state index in [4.69, 9.17) is 4.74 Å². The molecule has 0 saturated heterocycles. The molecule has 6 heteroatoms. The lowest BCUT2D eigenvalue weighted by Crippen LogP contribution is -2.52. The van der Waals surface area contributed by atoms with Gasteiger partial charge in [0.05, 0.1) is 5.56 Å². The first-order valence-corrected chi connectivity index (χ1v) is 10.2. The number of hydrogen-bond donors (Lipinski definition) is 0. The maximum Gasteiger partial charge on any atom is 0.408 e. The monoisotopic (exact) mass is 420 g/mol. The van der Waals surface area contributed by atoms with Gasteiger partial charge < -0.3 is 4.74 Å². The third-order valence-electron chi connectivity index (χ3n) is 5.43. The number of carbonyl (C=O) groups is 2. The fourth-order valence-electron chi connectivity index (χ4n) is 3.62. The van der Waals surface area contributed by atoms with Crippen molar-refractivity contribution in [2.45, 2.75) is 57.5 Å². The highest BCUT2D eigenvalue weighted by molar-refractivity contribution is 6.00. The Morgan fingerprint density at radius 3 is 2.00 bits per heavy atom. The molecule has 0 heterocycles. The second-order valence-corrected chi connectivity index (χ2v) is 7.43. The van der Waals surface area contributed by atoms with Crippen LogP contribution in [0.5, 0.6) is 0 Å². The van der Waals surface area contributed by atoms with Gasteiger partial charge in [-0.2, -0.15) is 13.2 Å². The summed E-state index contributed by atoms with van der Waals surface area (Å²) in [6.07, 6.45) is -2.72. The molecule has 0 N–H and O–H groups in total. The van der Waals surface area contributed by atoms with Crippen molar-refractivity contribution in [1.29, 1.82) is 0 Å². The van der Waals surface area contributed by atoms with E-state index < -0.39 is 30.0 Å². The Morgan fingerprint density at radius 2 is 1.50 bits per heavy atom. The van der Waals surface area contributed by atoms with Gasteiger partial charge in [-0.3, -0.25) is 4.79 Å². The standard InChI is InChI=1S/C24H27F3O3/c1-3-5-12-18(4-2)17-23(24(25,26)27,20-15-10-7-11-16-20)22(29)30-21(28)19-13-8-6-9-14-19/h6-11,13-16,18H,3-5,12,17H2,1-2H3. The minimum absolute atomic E-state index is 0.0213. The maximum absolute atomic E-state index is 14.6. The summed E-state index contributed by atoms with van der Waals surface area (Å²) >= 11 is 0. The van der Waals surface area contributed by atoms with Gasteiger partial charge in [0.1, 0.15) is 0 Å². The number of ether oxygens (including phenoxy) is 1. The smallest absolute Gasteiger partial charge is 0.389 e. The van der Waals surface area contributed by atoms with Crippen molar-refractivity contribution in [2.24, 2.45) is 5.92 Å². The molecule has 0 bridgehead atoms. The SMILES string of the molecule is CCCCC(CC)CC(C(=O)OC(=O)c1ccccc1)(c1ccccc1)C(F)(F)F. The van der Waals surface area contributed by atoms with Crippen molar-refractivity contribution in [2.75, 3.05) is 0 Å². The third-order valence-corrected chi connectivity index (χ3v) is 5.43. The minimum Gasteiger partial charge on any atom is -0.389 e. The van der Waals surface area contributed by atoms with E-state index in [1.165, 1.54) is 36.4 Å². The van der Waals surface area contributed by atoms with Crippen molar-refractivity contribution in [3.8, 4) is 0 Å². The van der Waals surface area contributed by atoms with Gasteiger partial charge in [-0.05, 0) is 30.0 Å². The lowest BCUT2D eigenvalue weighted by atomic mass is 9.71. The molecular weight excluding hydrogens is 393 g/mol. The van der Waals surface area contributed by atoms with Crippen LogP contribution in [-0.2, 0) is 14.9 Å². The third kappa shape index (κ3) is 5.29. The quantitative estimate of drug-likeness (QED) is 0.345. The van der Waals surface area contributed by atoms with Crippen LogP contribution in [0.4, 0.5) is 13.2 Å². The van der Waals surface area contributed by atoms with Crippen molar-refractivity contribution in [3.05, 3.63) is 71.8 Å². The molecule has 0 saturated carbocycles. The molecule has 2 rings (SSSR count). The fraction of sp³-hybridized carbons (Fsp3) is 0.417. The molecule has 2 aromatic carbocycles. The largest absolute Gasteiger partial charge is 0.408 e. The molecule has 2 atom stereocenters. The van der Waals surface area contributed by atoms with Gasteiger partial charge >= 0.3 is 18.1 Å². The Bertz CT molecular complexity index is 819. The summed E-state index contributed by atoms with van der Waals surface area (Å²) in [5, 5.41) is 0. The number of esters is 2. The van der Waals surface area contributed by atoms with E-state index in [-0.39, 0.29) is 17.0 Å². The number of unbranched alkanes of at least 4 members (excludes halogenated alkanes) is 1. The molecule has 0 fully saturated rings. The van der Waals surface area contributed by atoms with E-state index in [2.05, 4.69) is 0 Å². The van der Waals surface area contributed by atoms with Crippen LogP contribution in [0.25, 0.3) is 0 Å². The average Bonchev–Trinajstić information content (AvgIpc) is 2.74. The highest BCUT2D eigenvalue weighted by Crippen LogP contribution is 2.48. The predicted molar refractivity (Wildman–Crippen MR) is 109 cm³/mol. The number of rotatable bonds is 9. The van der Waals surface area contributed by atoms with Crippen LogP contribution in [0.3, 0.4) is 0 Å². The first-order chi connectivity index (χ1) is 14.3. The van der Waals surface area contributed by atoms with Crippen LogP contribution < -0.4 is 0 Å². The highest BCUT2D eigenvalue weighted by Gasteiger charge is 2.63. The summed E-state index contributed by atoms with van der Waals surface area (Å²) < 4.78 is 48.5. The van der Waals surface area contributed by atoms with Crippen molar-refractivity contribution in [1.82, 2.24) is 0 Å². The summed E-state index contributed by atoms with van der Waals surface area (Å²) in [7, 11) is 0. The van der Waals surface area contributed by atoms with E-state index in [9.17, 15) is 22.8 Å². The fourth-order valence-corrected chi connectivity index (χ4v) is 3.62. The molecule has 2 aromatic rings. The van der Waals surface area contributed by atoms with E-state index >= 15 is 0 Å². The molecule has 162 valence electrons. The van der Waals surface area contributed by atoms with E-state index in [1.807, 2.05) is 13.8 Å². The molecule has 0 aliphatic carbocycles. The Kier molecular flexibility index (Phi) is 8.21. The van der Waals surface area contributed by atoms with Gasteiger partial charge in [-0.1, -0.05) is 88.1 Å². The van der Waals surface area contributed by atoms with Crippen molar-refractivity contribution < 1.29 is 27.5 Å². The van der Waals surface area contributed by atoms with Crippen LogP contribution in [0.15, 0.2) is 60.7 Å². The number of carbonyl (C=O) groups excluding carboxylic acids is 2. The van der Waals surface area contributed by atoms with Crippen LogP contribution >= 0.6 is 0 Å². The molecule has 30 heavy (non-hydrogen) atoms. The van der Waals surface area contributed by atoms with Gasteiger partial charge in [0, 0.05) is 0 Å². The van der Waals surface area contributed by atoms with Crippen LogP contribution in [0.1, 0.15) is 61.9 Å². The Morgan fingerprint density at radius 1 is 0.933 bits per heavy atom. The van der Waals surface area contributed by atoms with Gasteiger partial charge in [0.2, 0.25) is 0 Å². The van der Waals surface area contributed by atoms with Crippen molar-refractivity contribution >= 4 is 11.9 Å².